The lowest BCUT2D eigenvalue weighted by Gasteiger charge is -2.14. The SMILES string of the molecule is O=C(NCc1nn[nH]n1)c1cc(C(F)(F)F)ccc1Oc1ccc(-c2cccc(CCO)n2)cc1. The maximum atomic E-state index is 13.3. The van der Waals surface area contributed by atoms with E-state index in [2.05, 4.69) is 30.9 Å². The number of alkyl halides is 3. The molecule has 0 aliphatic rings. The Balaban J connectivity index is 1.56. The van der Waals surface area contributed by atoms with Gasteiger partial charge >= 0.3 is 6.18 Å². The Morgan fingerprint density at radius 1 is 1.09 bits per heavy atom. The van der Waals surface area contributed by atoms with Gasteiger partial charge in [-0.1, -0.05) is 11.3 Å². The Labute approximate surface area is 197 Å². The molecule has 2 aromatic carbocycles. The van der Waals surface area contributed by atoms with Gasteiger partial charge in [-0.3, -0.25) is 9.78 Å². The van der Waals surface area contributed by atoms with Crippen molar-refractivity contribution in [2.45, 2.75) is 19.1 Å². The summed E-state index contributed by atoms with van der Waals surface area (Å²) in [7, 11) is 0. The van der Waals surface area contributed by atoms with Crippen LogP contribution in [-0.2, 0) is 19.1 Å². The minimum absolute atomic E-state index is 0.0125. The number of carbonyl (C=O) groups excluding carboxylic acids is 1. The van der Waals surface area contributed by atoms with Crippen molar-refractivity contribution >= 4 is 5.91 Å². The number of halogens is 3. The van der Waals surface area contributed by atoms with Crippen molar-refractivity contribution in [2.75, 3.05) is 6.61 Å². The molecule has 180 valence electrons. The van der Waals surface area contributed by atoms with Crippen molar-refractivity contribution in [1.29, 1.82) is 0 Å². The highest BCUT2D eigenvalue weighted by Crippen LogP contribution is 2.34. The molecule has 0 saturated carbocycles. The highest BCUT2D eigenvalue weighted by molar-refractivity contribution is 5.97. The van der Waals surface area contributed by atoms with Gasteiger partial charge in [-0.2, -0.15) is 18.4 Å². The Kier molecular flexibility index (Phi) is 7.01. The molecular weight excluding hydrogens is 465 g/mol. The minimum atomic E-state index is -4.64. The average molecular weight is 484 g/mol. The van der Waals surface area contributed by atoms with E-state index >= 15 is 0 Å². The molecule has 1 amide bonds. The highest BCUT2D eigenvalue weighted by atomic mass is 19.4. The van der Waals surface area contributed by atoms with Gasteiger partial charge in [0, 0.05) is 24.3 Å². The fourth-order valence-electron chi connectivity index (χ4n) is 3.20. The summed E-state index contributed by atoms with van der Waals surface area (Å²) >= 11 is 0. The number of aliphatic hydroxyl groups is 1. The van der Waals surface area contributed by atoms with Crippen LogP contribution in [0.15, 0.2) is 60.7 Å². The van der Waals surface area contributed by atoms with Crippen molar-refractivity contribution in [3.63, 3.8) is 0 Å². The van der Waals surface area contributed by atoms with Crippen LogP contribution in [-0.4, -0.2) is 43.2 Å². The van der Waals surface area contributed by atoms with Crippen LogP contribution in [0.3, 0.4) is 0 Å². The summed E-state index contributed by atoms with van der Waals surface area (Å²) in [5, 5.41) is 24.5. The first-order chi connectivity index (χ1) is 16.8. The first kappa shape index (κ1) is 23.8. The van der Waals surface area contributed by atoms with Crippen LogP contribution < -0.4 is 10.1 Å². The molecule has 2 aromatic heterocycles. The molecule has 0 saturated heterocycles. The Bertz CT molecular complexity index is 1290. The number of hydrogen-bond acceptors (Lipinski definition) is 7. The van der Waals surface area contributed by atoms with Crippen LogP contribution >= 0.6 is 0 Å². The molecule has 0 aliphatic carbocycles. The van der Waals surface area contributed by atoms with Gasteiger partial charge in [0.1, 0.15) is 11.5 Å². The van der Waals surface area contributed by atoms with E-state index in [0.29, 0.717) is 17.9 Å². The zero-order valence-corrected chi connectivity index (χ0v) is 18.1. The topological polar surface area (TPSA) is 126 Å². The molecule has 35 heavy (non-hydrogen) atoms. The number of aromatic nitrogens is 5. The van der Waals surface area contributed by atoms with Gasteiger partial charge in [-0.15, -0.1) is 10.2 Å². The summed E-state index contributed by atoms with van der Waals surface area (Å²) < 4.78 is 45.5. The number of aromatic amines is 1. The predicted molar refractivity (Wildman–Crippen MR) is 117 cm³/mol. The lowest BCUT2D eigenvalue weighted by atomic mass is 10.1. The molecule has 0 unspecified atom stereocenters. The molecular formula is C23H19F3N6O3. The maximum Gasteiger partial charge on any atom is 0.416 e. The summed E-state index contributed by atoms with van der Waals surface area (Å²) in [4.78, 5) is 17.2. The van der Waals surface area contributed by atoms with Crippen LogP contribution in [0.25, 0.3) is 11.3 Å². The highest BCUT2D eigenvalue weighted by Gasteiger charge is 2.32. The van der Waals surface area contributed by atoms with Crippen molar-refractivity contribution in [2.24, 2.45) is 0 Å². The van der Waals surface area contributed by atoms with E-state index in [-0.39, 0.29) is 30.3 Å². The molecule has 3 N–H and O–H groups in total. The quantitative estimate of drug-likeness (QED) is 0.349. The summed E-state index contributed by atoms with van der Waals surface area (Å²) in [6, 6.07) is 14.8. The number of carbonyl (C=O) groups is 1. The molecule has 0 radical (unpaired) electrons. The molecule has 4 aromatic rings. The average Bonchev–Trinajstić information content (AvgIpc) is 3.37. The zero-order chi connectivity index (χ0) is 24.8. The number of tetrazole rings is 1. The molecule has 0 fully saturated rings. The number of nitrogens with one attached hydrogen (secondary N) is 2. The van der Waals surface area contributed by atoms with Gasteiger partial charge in [-0.05, 0) is 54.6 Å². The van der Waals surface area contributed by atoms with Crippen molar-refractivity contribution in [1.82, 2.24) is 30.9 Å². The van der Waals surface area contributed by atoms with Gasteiger partial charge in [0.05, 0.1) is 23.4 Å². The Hall–Kier alpha value is -4.32. The van der Waals surface area contributed by atoms with E-state index in [1.807, 2.05) is 18.2 Å². The van der Waals surface area contributed by atoms with Crippen LogP contribution in [0.2, 0.25) is 0 Å². The number of H-pyrrole nitrogens is 1. The van der Waals surface area contributed by atoms with E-state index in [4.69, 9.17) is 9.84 Å². The van der Waals surface area contributed by atoms with Crippen LogP contribution in [0.4, 0.5) is 13.2 Å². The number of benzene rings is 2. The van der Waals surface area contributed by atoms with Crippen LogP contribution in [0.1, 0.15) is 27.4 Å². The smallest absolute Gasteiger partial charge is 0.416 e. The van der Waals surface area contributed by atoms with Crippen LogP contribution in [0.5, 0.6) is 11.5 Å². The van der Waals surface area contributed by atoms with Gasteiger partial charge in [-0.25, -0.2) is 0 Å². The van der Waals surface area contributed by atoms with E-state index < -0.39 is 17.6 Å². The first-order valence-electron chi connectivity index (χ1n) is 10.4. The van der Waals surface area contributed by atoms with Crippen molar-refractivity contribution < 1.29 is 27.8 Å². The third-order valence-corrected chi connectivity index (χ3v) is 4.90. The third kappa shape index (κ3) is 5.98. The molecule has 0 spiro atoms. The number of nitrogens with zero attached hydrogens (tertiary/aromatic N) is 4. The van der Waals surface area contributed by atoms with E-state index in [1.54, 1.807) is 24.3 Å². The molecule has 0 aliphatic heterocycles. The normalized spacial score (nSPS) is 11.3. The number of ether oxygens (including phenoxy) is 1. The number of amides is 1. The molecule has 0 atom stereocenters. The minimum Gasteiger partial charge on any atom is -0.457 e. The molecule has 2 heterocycles. The Morgan fingerprint density at radius 3 is 2.57 bits per heavy atom. The second-order valence-corrected chi connectivity index (χ2v) is 7.33. The summed E-state index contributed by atoms with van der Waals surface area (Å²) in [5.74, 6) is -0.371. The number of rotatable bonds is 8. The monoisotopic (exact) mass is 484 g/mol. The first-order valence-corrected chi connectivity index (χ1v) is 10.4. The third-order valence-electron chi connectivity index (χ3n) is 4.90. The lowest BCUT2D eigenvalue weighted by molar-refractivity contribution is -0.137. The molecule has 0 bridgehead atoms. The van der Waals surface area contributed by atoms with Crippen molar-refractivity contribution in [3.05, 3.63) is 83.3 Å². The zero-order valence-electron chi connectivity index (χ0n) is 18.1. The summed E-state index contributed by atoms with van der Waals surface area (Å²) in [5.41, 5.74) is 0.928. The predicted octanol–water partition coefficient (Wildman–Crippen LogP) is 3.54. The molecule has 9 nitrogen and oxygen atoms in total. The van der Waals surface area contributed by atoms with Crippen LogP contribution in [0, 0.1) is 0 Å². The van der Waals surface area contributed by atoms with E-state index in [9.17, 15) is 18.0 Å². The Morgan fingerprint density at radius 2 is 1.89 bits per heavy atom. The summed E-state index contributed by atoms with van der Waals surface area (Å²) in [6.45, 7) is -0.149. The fraction of sp³-hybridized carbons (Fsp3) is 0.174. The molecule has 4 rings (SSSR count). The second kappa shape index (κ2) is 10.3. The fourth-order valence-corrected chi connectivity index (χ4v) is 3.20. The number of pyridine rings is 1. The van der Waals surface area contributed by atoms with E-state index in [1.165, 1.54) is 0 Å². The van der Waals surface area contributed by atoms with Gasteiger partial charge in [0.2, 0.25) is 0 Å². The van der Waals surface area contributed by atoms with Gasteiger partial charge in [0.15, 0.2) is 5.82 Å². The van der Waals surface area contributed by atoms with Gasteiger partial charge < -0.3 is 15.2 Å². The number of aliphatic hydroxyl groups excluding tert-OH is 1. The second-order valence-electron chi connectivity index (χ2n) is 7.33. The van der Waals surface area contributed by atoms with E-state index in [0.717, 1.165) is 29.5 Å². The van der Waals surface area contributed by atoms with Crippen molar-refractivity contribution in [3.8, 4) is 22.8 Å². The van der Waals surface area contributed by atoms with Gasteiger partial charge in [0.25, 0.3) is 5.91 Å². The maximum absolute atomic E-state index is 13.3. The molecule has 12 heteroatoms. The standard InChI is InChI=1S/C23H19F3N6O3/c24-23(25,26)15-6-9-20(18(12-15)22(34)27-13-21-29-31-32-30-21)35-17-7-4-14(5-8-17)19-3-1-2-16(28-19)10-11-33/h1-9,12,33H,10-11,13H2,(H,27,34)(H,29,30,31,32). The lowest BCUT2D eigenvalue weighted by Crippen LogP contribution is -2.24. The largest absolute Gasteiger partial charge is 0.457 e. The number of hydrogen-bond donors (Lipinski definition) is 3. The summed E-state index contributed by atoms with van der Waals surface area (Å²) in [6.07, 6.45) is -4.21.